The van der Waals surface area contributed by atoms with E-state index in [4.69, 9.17) is 15.0 Å². The van der Waals surface area contributed by atoms with Crippen LogP contribution in [0, 0.1) is 0 Å². The lowest BCUT2D eigenvalue weighted by Crippen LogP contribution is -2.33. The van der Waals surface area contributed by atoms with Gasteiger partial charge in [-0.1, -0.05) is 143 Å². The molecule has 57 heavy (non-hydrogen) atoms. The quantitative estimate of drug-likeness (QED) is 0.169. The van der Waals surface area contributed by atoms with Crippen molar-refractivity contribution in [2.24, 2.45) is 0 Å². The van der Waals surface area contributed by atoms with Crippen LogP contribution in [0.25, 0.3) is 94.0 Å². The summed E-state index contributed by atoms with van der Waals surface area (Å²) in [6, 6.07) is 56.8. The van der Waals surface area contributed by atoms with Gasteiger partial charge in [0.2, 0.25) is 0 Å². The Kier molecular flexibility index (Phi) is 7.34. The van der Waals surface area contributed by atoms with Crippen molar-refractivity contribution in [2.45, 2.75) is 51.4 Å². The molecule has 0 spiro atoms. The van der Waals surface area contributed by atoms with Crippen LogP contribution in [0.5, 0.6) is 0 Å². The van der Waals surface area contributed by atoms with Gasteiger partial charge in [-0.3, -0.25) is 0 Å². The molecule has 0 amide bonds. The van der Waals surface area contributed by atoms with Gasteiger partial charge in [-0.05, 0) is 104 Å². The standard InChI is InChI=1S/C53H42N4/c1-52(2)28-29-53(3,4)46-32-47-43(31-45(46)52)42-27-24-33-14-8-11-19-39(33)48(42)57(47)37-25-22-35(23-26-37)50-54-49(34-15-6-5-7-16-34)55-51(56-50)44-30-36-17-9-10-18-38(36)40-20-12-13-21-41(40)44/h5-27,30-32H,28-29H2,1-4H3. The first kappa shape index (κ1) is 33.7. The molecular weight excluding hydrogens is 693 g/mol. The number of hydrogen-bond donors (Lipinski definition) is 0. The topological polar surface area (TPSA) is 43.6 Å². The molecule has 0 unspecified atom stereocenters. The Labute approximate surface area is 332 Å². The molecule has 10 aromatic rings. The van der Waals surface area contributed by atoms with Crippen LogP contribution in [0.15, 0.2) is 158 Å². The molecule has 11 rings (SSSR count). The van der Waals surface area contributed by atoms with Crippen molar-refractivity contribution in [3.63, 3.8) is 0 Å². The van der Waals surface area contributed by atoms with E-state index in [1.54, 1.807) is 0 Å². The lowest BCUT2D eigenvalue weighted by atomic mass is 9.63. The summed E-state index contributed by atoms with van der Waals surface area (Å²) in [5, 5.41) is 9.77. The maximum Gasteiger partial charge on any atom is 0.164 e. The van der Waals surface area contributed by atoms with Crippen LogP contribution in [0.1, 0.15) is 51.7 Å². The Hall–Kier alpha value is -6.65. The van der Waals surface area contributed by atoms with E-state index >= 15 is 0 Å². The average Bonchev–Trinajstić information content (AvgIpc) is 3.59. The fourth-order valence-corrected chi connectivity index (χ4v) is 9.45. The Morgan fingerprint density at radius 1 is 0.421 bits per heavy atom. The predicted octanol–water partition coefficient (Wildman–Crippen LogP) is 13.8. The largest absolute Gasteiger partial charge is 0.309 e. The van der Waals surface area contributed by atoms with Gasteiger partial charge in [-0.2, -0.15) is 0 Å². The minimum Gasteiger partial charge on any atom is -0.309 e. The molecule has 2 aromatic heterocycles. The number of benzene rings is 8. The van der Waals surface area contributed by atoms with Gasteiger partial charge < -0.3 is 4.57 Å². The molecule has 4 nitrogen and oxygen atoms in total. The molecule has 0 radical (unpaired) electrons. The normalized spacial score (nSPS) is 14.8. The second kappa shape index (κ2) is 12.4. The van der Waals surface area contributed by atoms with E-state index in [1.807, 2.05) is 18.2 Å². The van der Waals surface area contributed by atoms with Crippen LogP contribution < -0.4 is 0 Å². The molecule has 0 aliphatic heterocycles. The van der Waals surface area contributed by atoms with Crippen LogP contribution in [-0.4, -0.2) is 19.5 Å². The molecule has 1 aliphatic carbocycles. The molecule has 274 valence electrons. The minimum absolute atomic E-state index is 0.0927. The summed E-state index contributed by atoms with van der Waals surface area (Å²) in [6.07, 6.45) is 2.35. The molecule has 0 atom stereocenters. The van der Waals surface area contributed by atoms with E-state index in [9.17, 15) is 0 Å². The number of nitrogens with zero attached hydrogens (tertiary/aromatic N) is 4. The van der Waals surface area contributed by atoms with E-state index in [0.29, 0.717) is 17.5 Å². The summed E-state index contributed by atoms with van der Waals surface area (Å²) < 4.78 is 2.49. The lowest BCUT2D eigenvalue weighted by molar-refractivity contribution is 0.332. The first-order valence-electron chi connectivity index (χ1n) is 20.1. The van der Waals surface area contributed by atoms with Crippen molar-refractivity contribution in [1.29, 1.82) is 0 Å². The highest BCUT2D eigenvalue weighted by atomic mass is 15.0. The Morgan fingerprint density at radius 3 is 1.70 bits per heavy atom. The van der Waals surface area contributed by atoms with Crippen molar-refractivity contribution < 1.29 is 0 Å². The third kappa shape index (κ3) is 5.31. The van der Waals surface area contributed by atoms with E-state index in [1.165, 1.54) is 67.3 Å². The maximum absolute atomic E-state index is 5.24. The summed E-state index contributed by atoms with van der Waals surface area (Å²) in [7, 11) is 0. The second-order valence-corrected chi connectivity index (χ2v) is 17.1. The van der Waals surface area contributed by atoms with Gasteiger partial charge in [-0.25, -0.2) is 15.0 Å². The van der Waals surface area contributed by atoms with Crippen LogP contribution in [0.2, 0.25) is 0 Å². The number of aromatic nitrogens is 4. The number of rotatable bonds is 4. The van der Waals surface area contributed by atoms with Gasteiger partial charge in [-0.15, -0.1) is 0 Å². The molecule has 0 N–H and O–H groups in total. The molecule has 4 heteroatoms. The molecular formula is C53H42N4. The van der Waals surface area contributed by atoms with Crippen molar-refractivity contribution in [3.05, 3.63) is 169 Å². The molecule has 0 saturated heterocycles. The van der Waals surface area contributed by atoms with E-state index in [-0.39, 0.29) is 10.8 Å². The summed E-state index contributed by atoms with van der Waals surface area (Å²) >= 11 is 0. The highest BCUT2D eigenvalue weighted by Crippen LogP contribution is 2.49. The smallest absolute Gasteiger partial charge is 0.164 e. The minimum atomic E-state index is 0.0927. The fourth-order valence-electron chi connectivity index (χ4n) is 9.45. The van der Waals surface area contributed by atoms with Crippen molar-refractivity contribution >= 4 is 54.1 Å². The molecule has 0 bridgehead atoms. The van der Waals surface area contributed by atoms with Gasteiger partial charge in [0.05, 0.1) is 11.0 Å². The average molecular weight is 735 g/mol. The van der Waals surface area contributed by atoms with E-state index in [0.717, 1.165) is 33.2 Å². The lowest BCUT2D eigenvalue weighted by Gasteiger charge is -2.42. The van der Waals surface area contributed by atoms with Gasteiger partial charge >= 0.3 is 0 Å². The summed E-state index contributed by atoms with van der Waals surface area (Å²) in [5.74, 6) is 1.96. The van der Waals surface area contributed by atoms with Gasteiger partial charge in [0.25, 0.3) is 0 Å². The molecule has 2 heterocycles. The van der Waals surface area contributed by atoms with Crippen molar-refractivity contribution in [3.8, 4) is 39.9 Å². The molecule has 0 fully saturated rings. The zero-order chi connectivity index (χ0) is 38.5. The van der Waals surface area contributed by atoms with Crippen LogP contribution in [0.4, 0.5) is 0 Å². The Balaban J connectivity index is 1.13. The predicted molar refractivity (Wildman–Crippen MR) is 238 cm³/mol. The van der Waals surface area contributed by atoms with Gasteiger partial charge in [0.15, 0.2) is 17.5 Å². The zero-order valence-corrected chi connectivity index (χ0v) is 32.7. The SMILES string of the molecule is CC1(C)CCC(C)(C)c2cc3c(cc21)c1ccc2ccccc2c1n3-c1ccc(-c2nc(-c3ccccc3)nc(-c3cc4ccccc4c4ccccc34)n2)cc1. The zero-order valence-electron chi connectivity index (χ0n) is 32.7. The first-order chi connectivity index (χ1) is 27.7. The highest BCUT2D eigenvalue weighted by molar-refractivity contribution is 6.19. The number of fused-ring (bicyclic) bond motifs is 9. The molecule has 8 aromatic carbocycles. The van der Waals surface area contributed by atoms with Crippen LogP contribution in [0.3, 0.4) is 0 Å². The molecule has 0 saturated carbocycles. The summed E-state index contributed by atoms with van der Waals surface area (Å²) in [6.45, 7) is 9.66. The third-order valence-electron chi connectivity index (χ3n) is 12.7. The van der Waals surface area contributed by atoms with Crippen LogP contribution in [-0.2, 0) is 10.8 Å². The molecule has 1 aliphatic rings. The maximum atomic E-state index is 5.24. The third-order valence-corrected chi connectivity index (χ3v) is 12.7. The Morgan fingerprint density at radius 2 is 0.982 bits per heavy atom. The first-order valence-corrected chi connectivity index (χ1v) is 20.1. The summed E-state index contributed by atoms with van der Waals surface area (Å²) in [4.78, 5) is 15.5. The van der Waals surface area contributed by atoms with Gasteiger partial charge in [0, 0.05) is 38.5 Å². The van der Waals surface area contributed by atoms with Crippen molar-refractivity contribution in [1.82, 2.24) is 19.5 Å². The Bertz CT molecular complexity index is 3230. The number of hydrogen-bond acceptors (Lipinski definition) is 3. The second-order valence-electron chi connectivity index (χ2n) is 17.1. The van der Waals surface area contributed by atoms with Crippen LogP contribution >= 0.6 is 0 Å². The van der Waals surface area contributed by atoms with E-state index < -0.39 is 0 Å². The van der Waals surface area contributed by atoms with Crippen molar-refractivity contribution in [2.75, 3.05) is 0 Å². The summed E-state index contributed by atoms with van der Waals surface area (Å²) in [5.41, 5.74) is 9.64. The monoisotopic (exact) mass is 734 g/mol. The highest BCUT2D eigenvalue weighted by Gasteiger charge is 2.38. The van der Waals surface area contributed by atoms with Gasteiger partial charge in [0.1, 0.15) is 0 Å². The fraction of sp³-hybridized carbons (Fsp3) is 0.151. The van der Waals surface area contributed by atoms with E-state index in [2.05, 4.69) is 172 Å².